The minimum Gasteiger partial charge on any atom is -0.478 e. The van der Waals surface area contributed by atoms with E-state index < -0.39 is 5.97 Å². The first kappa shape index (κ1) is 12.9. The predicted molar refractivity (Wildman–Crippen MR) is 74.8 cm³/mol. The molecule has 5 heteroatoms. The highest BCUT2D eigenvalue weighted by Crippen LogP contribution is 2.24. The molecule has 1 heterocycles. The molecule has 0 spiro atoms. The summed E-state index contributed by atoms with van der Waals surface area (Å²) in [7, 11) is 0. The van der Waals surface area contributed by atoms with Crippen molar-refractivity contribution in [2.45, 2.75) is 13.5 Å². The van der Waals surface area contributed by atoms with E-state index in [1.807, 2.05) is 13.0 Å². The summed E-state index contributed by atoms with van der Waals surface area (Å²) in [4.78, 5) is 13.3. The van der Waals surface area contributed by atoms with Gasteiger partial charge in [-0.3, -0.25) is 0 Å². The van der Waals surface area contributed by atoms with Crippen LogP contribution in [-0.4, -0.2) is 11.1 Å². The molecule has 94 valence electrons. The van der Waals surface area contributed by atoms with Crippen LogP contribution in [0, 0.1) is 6.92 Å². The van der Waals surface area contributed by atoms with Crippen LogP contribution in [0.5, 0.6) is 0 Å². The number of carboxylic acid groups (broad SMARTS) is 1. The summed E-state index contributed by atoms with van der Waals surface area (Å²) < 4.78 is 0. The number of halogens is 1. The molecule has 2 rings (SSSR count). The highest BCUT2D eigenvalue weighted by atomic mass is 35.5. The van der Waals surface area contributed by atoms with E-state index in [-0.39, 0.29) is 5.56 Å². The third-order valence-electron chi connectivity index (χ3n) is 2.46. The van der Waals surface area contributed by atoms with Crippen LogP contribution in [0.3, 0.4) is 0 Å². The van der Waals surface area contributed by atoms with Gasteiger partial charge in [0.1, 0.15) is 0 Å². The van der Waals surface area contributed by atoms with E-state index >= 15 is 0 Å². The van der Waals surface area contributed by atoms with E-state index in [4.69, 9.17) is 16.7 Å². The molecule has 3 nitrogen and oxygen atoms in total. The first-order chi connectivity index (χ1) is 8.56. The summed E-state index contributed by atoms with van der Waals surface area (Å²) in [5.74, 6) is -0.957. The molecule has 1 aromatic heterocycles. The highest BCUT2D eigenvalue weighted by Gasteiger charge is 2.07. The lowest BCUT2D eigenvalue weighted by Crippen LogP contribution is -2.01. The molecule has 0 saturated heterocycles. The van der Waals surface area contributed by atoms with Gasteiger partial charge >= 0.3 is 5.97 Å². The summed E-state index contributed by atoms with van der Waals surface area (Å²) in [6.45, 7) is 2.69. The van der Waals surface area contributed by atoms with Crippen molar-refractivity contribution in [3.8, 4) is 0 Å². The third-order valence-corrected chi connectivity index (χ3v) is 3.79. The van der Waals surface area contributed by atoms with Crippen LogP contribution in [0.2, 0.25) is 5.02 Å². The number of anilines is 1. The van der Waals surface area contributed by atoms with Crippen LogP contribution in [-0.2, 0) is 6.54 Å². The minimum atomic E-state index is -0.957. The Balaban J connectivity index is 2.13. The fraction of sp³-hybridized carbons (Fsp3) is 0.154. The van der Waals surface area contributed by atoms with Crippen molar-refractivity contribution in [2.24, 2.45) is 0 Å². The lowest BCUT2D eigenvalue weighted by Gasteiger charge is -2.08. The molecule has 0 saturated carbocycles. The first-order valence-electron chi connectivity index (χ1n) is 5.38. The quantitative estimate of drug-likeness (QED) is 0.890. The smallest absolute Gasteiger partial charge is 0.335 e. The molecule has 1 aromatic carbocycles. The molecule has 0 bridgehead atoms. The van der Waals surface area contributed by atoms with Crippen LogP contribution < -0.4 is 5.32 Å². The number of benzene rings is 1. The van der Waals surface area contributed by atoms with Crippen molar-refractivity contribution in [3.63, 3.8) is 0 Å². The van der Waals surface area contributed by atoms with Gasteiger partial charge in [-0.2, -0.15) is 0 Å². The van der Waals surface area contributed by atoms with Gasteiger partial charge in [-0.25, -0.2) is 4.79 Å². The number of carbonyl (C=O) groups is 1. The standard InChI is InChI=1S/C13H12ClNO2S/c1-8-2-4-10(18-8)7-15-12-6-9(13(16)17)3-5-11(12)14/h2-6,15H,7H2,1H3,(H,16,17). The maximum Gasteiger partial charge on any atom is 0.335 e. The van der Waals surface area contributed by atoms with Crippen LogP contribution in [0.15, 0.2) is 30.3 Å². The second-order valence-corrected chi connectivity index (χ2v) is 5.65. The molecule has 0 aliphatic carbocycles. The molecule has 0 atom stereocenters. The van der Waals surface area contributed by atoms with Crippen molar-refractivity contribution >= 4 is 34.6 Å². The average molecular weight is 282 g/mol. The fourth-order valence-corrected chi connectivity index (χ4v) is 2.57. The Labute approximate surface area is 114 Å². The van der Waals surface area contributed by atoms with Gasteiger partial charge in [0.25, 0.3) is 0 Å². The van der Waals surface area contributed by atoms with E-state index in [1.54, 1.807) is 23.5 Å². The molecule has 2 aromatic rings. The molecule has 18 heavy (non-hydrogen) atoms. The molecule has 0 radical (unpaired) electrons. The SMILES string of the molecule is Cc1ccc(CNc2cc(C(=O)O)ccc2Cl)s1. The predicted octanol–water partition coefficient (Wildman–Crippen LogP) is 4.02. The largest absolute Gasteiger partial charge is 0.478 e. The zero-order chi connectivity index (χ0) is 13.1. The van der Waals surface area contributed by atoms with E-state index in [1.165, 1.54) is 15.8 Å². The zero-order valence-electron chi connectivity index (χ0n) is 9.74. The molecule has 0 fully saturated rings. The van der Waals surface area contributed by atoms with Crippen molar-refractivity contribution in [1.29, 1.82) is 0 Å². The Bertz CT molecular complexity index is 580. The Kier molecular flexibility index (Phi) is 3.89. The van der Waals surface area contributed by atoms with Crippen molar-refractivity contribution in [1.82, 2.24) is 0 Å². The zero-order valence-corrected chi connectivity index (χ0v) is 11.3. The van der Waals surface area contributed by atoms with Crippen LogP contribution in [0.1, 0.15) is 20.1 Å². The van der Waals surface area contributed by atoms with Gasteiger partial charge in [0.2, 0.25) is 0 Å². The number of aromatic carboxylic acids is 1. The molecular formula is C13H12ClNO2S. The summed E-state index contributed by atoms with van der Waals surface area (Å²) in [5, 5.41) is 12.6. The number of nitrogens with one attached hydrogen (secondary N) is 1. The fourth-order valence-electron chi connectivity index (χ4n) is 1.56. The normalized spacial score (nSPS) is 10.3. The van der Waals surface area contributed by atoms with E-state index in [0.29, 0.717) is 17.3 Å². The van der Waals surface area contributed by atoms with E-state index in [0.717, 1.165) is 0 Å². The number of hydrogen-bond donors (Lipinski definition) is 2. The average Bonchev–Trinajstić information content (AvgIpc) is 2.74. The molecule has 0 aliphatic heterocycles. The van der Waals surface area contributed by atoms with E-state index in [9.17, 15) is 4.79 Å². The molecule has 0 aliphatic rings. The molecule has 2 N–H and O–H groups in total. The maximum absolute atomic E-state index is 10.9. The lowest BCUT2D eigenvalue weighted by molar-refractivity contribution is 0.0697. The van der Waals surface area contributed by atoms with Gasteiger partial charge in [0, 0.05) is 16.3 Å². The summed E-state index contributed by atoms with van der Waals surface area (Å²) in [5.41, 5.74) is 0.867. The summed E-state index contributed by atoms with van der Waals surface area (Å²) >= 11 is 7.72. The van der Waals surface area contributed by atoms with Crippen molar-refractivity contribution in [2.75, 3.05) is 5.32 Å². The molecular weight excluding hydrogens is 270 g/mol. The molecule has 0 amide bonds. The topological polar surface area (TPSA) is 49.3 Å². The van der Waals surface area contributed by atoms with Gasteiger partial charge in [0.05, 0.1) is 16.3 Å². The van der Waals surface area contributed by atoms with Gasteiger partial charge in [-0.05, 0) is 37.3 Å². The van der Waals surface area contributed by atoms with Crippen LogP contribution in [0.25, 0.3) is 0 Å². The van der Waals surface area contributed by atoms with Crippen LogP contribution >= 0.6 is 22.9 Å². The first-order valence-corrected chi connectivity index (χ1v) is 6.58. The minimum absolute atomic E-state index is 0.226. The summed E-state index contributed by atoms with van der Waals surface area (Å²) in [6.07, 6.45) is 0. The van der Waals surface area contributed by atoms with E-state index in [2.05, 4.69) is 11.4 Å². The number of rotatable bonds is 4. The van der Waals surface area contributed by atoms with Gasteiger partial charge in [-0.15, -0.1) is 11.3 Å². The summed E-state index contributed by atoms with van der Waals surface area (Å²) in [6, 6.07) is 8.72. The Morgan fingerprint density at radius 2 is 2.17 bits per heavy atom. The third kappa shape index (κ3) is 3.03. The Morgan fingerprint density at radius 3 is 2.78 bits per heavy atom. The second-order valence-electron chi connectivity index (χ2n) is 3.87. The number of thiophene rings is 1. The Morgan fingerprint density at radius 1 is 1.39 bits per heavy atom. The van der Waals surface area contributed by atoms with Crippen LogP contribution in [0.4, 0.5) is 5.69 Å². The molecule has 0 unspecified atom stereocenters. The number of aryl methyl sites for hydroxylation is 1. The maximum atomic E-state index is 10.9. The van der Waals surface area contributed by atoms with Gasteiger partial charge < -0.3 is 10.4 Å². The van der Waals surface area contributed by atoms with Crippen molar-refractivity contribution < 1.29 is 9.90 Å². The van der Waals surface area contributed by atoms with Gasteiger partial charge in [0.15, 0.2) is 0 Å². The number of carboxylic acids is 1. The lowest BCUT2D eigenvalue weighted by atomic mass is 10.2. The Hall–Kier alpha value is -1.52. The number of hydrogen-bond acceptors (Lipinski definition) is 3. The van der Waals surface area contributed by atoms with Crippen molar-refractivity contribution in [3.05, 3.63) is 50.7 Å². The monoisotopic (exact) mass is 281 g/mol. The second kappa shape index (κ2) is 5.42. The van der Waals surface area contributed by atoms with Gasteiger partial charge in [-0.1, -0.05) is 11.6 Å². The highest BCUT2D eigenvalue weighted by molar-refractivity contribution is 7.11.